The van der Waals surface area contributed by atoms with Gasteiger partial charge in [0.15, 0.2) is 0 Å². The van der Waals surface area contributed by atoms with Crippen molar-refractivity contribution in [3.05, 3.63) is 71.8 Å². The van der Waals surface area contributed by atoms with E-state index >= 15 is 4.79 Å². The molecule has 0 radical (unpaired) electrons. The highest BCUT2D eigenvalue weighted by molar-refractivity contribution is 7.89. The molecular weight excluding hydrogens is 755 g/mol. The second-order valence-corrected chi connectivity index (χ2v) is 23.7. The molecule has 2 aromatic rings. The van der Waals surface area contributed by atoms with Gasteiger partial charge in [-0.2, -0.15) is 4.31 Å². The van der Waals surface area contributed by atoms with E-state index in [1.807, 2.05) is 44.2 Å². The number of anilines is 1. The number of nitrogens with zero attached hydrogens (tertiary/aromatic N) is 1. The van der Waals surface area contributed by atoms with Crippen LogP contribution in [0.25, 0.3) is 0 Å². The van der Waals surface area contributed by atoms with Crippen LogP contribution in [0, 0.1) is 62.6 Å². The van der Waals surface area contributed by atoms with Crippen molar-refractivity contribution >= 4 is 21.6 Å². The minimum atomic E-state index is -3.97. The average Bonchev–Trinajstić information content (AvgIpc) is 3.18. The van der Waals surface area contributed by atoms with E-state index < -0.39 is 27.6 Å². The molecule has 5 aliphatic carbocycles. The minimum Gasteiger partial charge on any atom is -0.399 e. The molecule has 7 rings (SSSR count). The van der Waals surface area contributed by atoms with Crippen molar-refractivity contribution in [3.8, 4) is 0 Å². The van der Waals surface area contributed by atoms with Gasteiger partial charge >= 0.3 is 0 Å². The highest BCUT2D eigenvalue weighted by Crippen LogP contribution is 2.75. The highest BCUT2D eigenvalue weighted by atomic mass is 32.2. The summed E-state index contributed by atoms with van der Waals surface area (Å²) in [6.45, 7) is 21.0. The molecule has 5 N–H and O–H groups in total. The van der Waals surface area contributed by atoms with Gasteiger partial charge in [-0.3, -0.25) is 4.79 Å². The Labute approximate surface area is 356 Å². The van der Waals surface area contributed by atoms with E-state index in [9.17, 15) is 18.6 Å². The zero-order valence-corrected chi connectivity index (χ0v) is 38.3. The largest absolute Gasteiger partial charge is 0.399 e. The van der Waals surface area contributed by atoms with Crippen LogP contribution in [0.15, 0.2) is 71.1 Å². The number of carbonyl (C=O) groups excluding carboxylic acids is 1. The van der Waals surface area contributed by atoms with Crippen LogP contribution in [-0.4, -0.2) is 60.2 Å². The molecule has 0 aliphatic heterocycles. The number of benzene rings is 2. The van der Waals surface area contributed by atoms with Crippen LogP contribution in [0.4, 0.5) is 5.69 Å². The quantitative estimate of drug-likeness (QED) is 0.132. The minimum absolute atomic E-state index is 0.00643. The summed E-state index contributed by atoms with van der Waals surface area (Å²) in [6.07, 6.45) is 10.3. The van der Waals surface area contributed by atoms with Crippen LogP contribution >= 0.6 is 0 Å². The first-order valence-corrected chi connectivity index (χ1v) is 24.3. The van der Waals surface area contributed by atoms with Gasteiger partial charge in [0.1, 0.15) is 0 Å². The number of amides is 1. The average molecular weight is 830 g/mol. The number of nitrogens with two attached hydrogens (primary N) is 1. The van der Waals surface area contributed by atoms with Crippen LogP contribution < -0.4 is 11.1 Å². The number of fused-ring (bicyclic) bond motifs is 7. The summed E-state index contributed by atoms with van der Waals surface area (Å²) < 4.78 is 29.6. The van der Waals surface area contributed by atoms with Crippen molar-refractivity contribution in [2.45, 2.75) is 150 Å². The fourth-order valence-electron chi connectivity index (χ4n) is 14.1. The maximum absolute atomic E-state index is 15.5. The number of hydrogen-bond acceptors (Lipinski definition) is 6. The fourth-order valence-corrected chi connectivity index (χ4v) is 15.8. The number of sulfonamides is 1. The van der Waals surface area contributed by atoms with Crippen LogP contribution in [0.1, 0.15) is 126 Å². The van der Waals surface area contributed by atoms with Gasteiger partial charge < -0.3 is 21.3 Å². The monoisotopic (exact) mass is 830 g/mol. The molecule has 0 spiro atoms. The Kier molecular flexibility index (Phi) is 11.9. The number of aliphatic hydroxyl groups excluding tert-OH is 2. The lowest BCUT2D eigenvalue weighted by molar-refractivity contribution is -0.204. The molecule has 2 aromatic carbocycles. The zero-order valence-electron chi connectivity index (χ0n) is 37.5. The lowest BCUT2D eigenvalue weighted by atomic mass is 9.33. The molecule has 326 valence electrons. The van der Waals surface area contributed by atoms with E-state index in [0.29, 0.717) is 35.8 Å². The third-order valence-electron chi connectivity index (χ3n) is 18.0. The number of allylic oxidation sites excluding steroid dienone is 2. The molecule has 8 nitrogen and oxygen atoms in total. The summed E-state index contributed by atoms with van der Waals surface area (Å²) in [6, 6.07) is 15.4. The first-order valence-electron chi connectivity index (χ1n) is 22.9. The third-order valence-corrected chi connectivity index (χ3v) is 19.8. The Bertz CT molecular complexity index is 1980. The molecule has 5 aliphatic rings. The van der Waals surface area contributed by atoms with Crippen LogP contribution in [-0.2, 0) is 21.2 Å². The van der Waals surface area contributed by atoms with E-state index in [1.165, 1.54) is 22.0 Å². The number of nitrogens with one attached hydrogen (secondary N) is 1. The van der Waals surface area contributed by atoms with E-state index in [4.69, 9.17) is 5.73 Å². The van der Waals surface area contributed by atoms with Crippen molar-refractivity contribution in [1.29, 1.82) is 0 Å². The Hall–Kier alpha value is -2.72. The zero-order chi connectivity index (χ0) is 42.9. The molecule has 0 aromatic heterocycles. The molecule has 59 heavy (non-hydrogen) atoms. The second-order valence-electron chi connectivity index (χ2n) is 21.8. The molecular formula is C50H75N3O5S. The Morgan fingerprint density at radius 2 is 1.56 bits per heavy atom. The standard InChI is InChI=1S/C50H75N3O5S/c1-32(2)30-53(59(57,58)37-17-15-36(51)16-18-37)31-40(54)39(29-35-13-11-10-12-14-35)52-45(56)50-26-21-33(3)34(4)44(50)38-19-20-42-47(7)24-23-43(55)46(5,6)41(47)22-25-49(42,9)48(38,8)27-28-50/h10-19,32-34,39-44,54-55H,20-31,51H2,1-9H3,(H,52,56)/t33-,34+,39+,40-,41+,42-,43+,44+,47+,48-,49-,50+/m1/s1. The van der Waals surface area contributed by atoms with Gasteiger partial charge in [-0.05, 0) is 151 Å². The predicted octanol–water partition coefficient (Wildman–Crippen LogP) is 9.02. The van der Waals surface area contributed by atoms with Crippen molar-refractivity contribution in [1.82, 2.24) is 9.62 Å². The van der Waals surface area contributed by atoms with Gasteiger partial charge in [0.05, 0.1) is 28.6 Å². The van der Waals surface area contributed by atoms with E-state index in [0.717, 1.165) is 63.4 Å². The molecule has 0 unspecified atom stereocenters. The first kappa shape index (κ1) is 44.3. The molecule has 12 atom stereocenters. The smallest absolute Gasteiger partial charge is 0.243 e. The summed E-state index contributed by atoms with van der Waals surface area (Å²) in [7, 11) is -3.97. The third kappa shape index (κ3) is 7.33. The number of carbonyl (C=O) groups is 1. The fraction of sp³-hybridized carbons (Fsp3) is 0.700. The summed E-state index contributed by atoms with van der Waals surface area (Å²) in [5.41, 5.74) is 8.28. The van der Waals surface area contributed by atoms with Gasteiger partial charge in [0, 0.05) is 18.8 Å². The Balaban J connectivity index is 1.22. The lowest BCUT2D eigenvalue weighted by Crippen LogP contribution is -2.66. The number of hydrogen-bond donors (Lipinski definition) is 4. The van der Waals surface area contributed by atoms with Crippen molar-refractivity contribution in [2.24, 2.45) is 62.6 Å². The highest BCUT2D eigenvalue weighted by Gasteiger charge is 2.69. The topological polar surface area (TPSA) is 133 Å². The van der Waals surface area contributed by atoms with Crippen molar-refractivity contribution in [3.63, 3.8) is 0 Å². The maximum Gasteiger partial charge on any atom is 0.243 e. The molecule has 4 fully saturated rings. The summed E-state index contributed by atoms with van der Waals surface area (Å²) >= 11 is 0. The number of rotatable bonds is 11. The SMILES string of the molecule is CC(C)CN(C[C@@H](O)[C@H](Cc1ccccc1)NC(=O)[C@]12CC[C@@H](C)[C@H](C)[C@H]1C1=CC[C@@H]3[C@@]4(C)CC[C@H](O)C(C)(C)[C@@H]4CC[C@@]3(C)[C@]1(C)CC2)S(=O)(=O)c1ccc(N)cc1. The van der Waals surface area contributed by atoms with E-state index in [2.05, 4.69) is 59.9 Å². The van der Waals surface area contributed by atoms with Gasteiger partial charge in [-0.1, -0.05) is 104 Å². The molecule has 1 amide bonds. The van der Waals surface area contributed by atoms with E-state index in [-0.39, 0.29) is 63.5 Å². The Morgan fingerprint density at radius 1 is 0.881 bits per heavy atom. The van der Waals surface area contributed by atoms with Gasteiger partial charge in [-0.25, -0.2) is 8.42 Å². The molecule has 0 bridgehead atoms. The predicted molar refractivity (Wildman–Crippen MR) is 238 cm³/mol. The van der Waals surface area contributed by atoms with E-state index in [1.54, 1.807) is 12.1 Å². The lowest BCUT2D eigenvalue weighted by Gasteiger charge is -2.71. The summed E-state index contributed by atoms with van der Waals surface area (Å²) in [4.78, 5) is 15.6. The first-order chi connectivity index (χ1) is 27.6. The maximum atomic E-state index is 15.5. The van der Waals surface area contributed by atoms with Crippen molar-refractivity contribution in [2.75, 3.05) is 18.8 Å². The Morgan fingerprint density at radius 3 is 2.22 bits per heavy atom. The van der Waals surface area contributed by atoms with Crippen LogP contribution in [0.2, 0.25) is 0 Å². The summed E-state index contributed by atoms with van der Waals surface area (Å²) in [5.74, 6) is 1.85. The van der Waals surface area contributed by atoms with Gasteiger partial charge in [0.25, 0.3) is 0 Å². The number of nitrogen functional groups attached to an aromatic ring is 1. The van der Waals surface area contributed by atoms with Crippen LogP contribution in [0.3, 0.4) is 0 Å². The molecule has 0 heterocycles. The molecule has 4 saturated carbocycles. The van der Waals surface area contributed by atoms with Crippen LogP contribution in [0.5, 0.6) is 0 Å². The summed E-state index contributed by atoms with van der Waals surface area (Å²) in [5, 5.41) is 26.9. The number of aliphatic hydroxyl groups is 2. The van der Waals surface area contributed by atoms with Gasteiger partial charge in [-0.15, -0.1) is 0 Å². The molecule has 9 heteroatoms. The normalized spacial score (nSPS) is 37.6. The molecule has 0 saturated heterocycles. The second kappa shape index (κ2) is 15.9. The van der Waals surface area contributed by atoms with Gasteiger partial charge in [0.2, 0.25) is 15.9 Å². The van der Waals surface area contributed by atoms with Crippen molar-refractivity contribution < 1.29 is 23.4 Å².